The van der Waals surface area contributed by atoms with Crippen molar-refractivity contribution < 1.29 is 4.79 Å². The van der Waals surface area contributed by atoms with Crippen LogP contribution in [0.15, 0.2) is 35.5 Å². The van der Waals surface area contributed by atoms with E-state index in [1.807, 2.05) is 0 Å². The molecule has 0 bridgehead atoms. The van der Waals surface area contributed by atoms with E-state index < -0.39 is 0 Å². The topological polar surface area (TPSA) is 116 Å². The second-order valence-electron chi connectivity index (χ2n) is 4.11. The molecule has 1 aliphatic rings. The van der Waals surface area contributed by atoms with Crippen molar-refractivity contribution in [2.24, 2.45) is 0 Å². The number of nitriles is 3. The summed E-state index contributed by atoms with van der Waals surface area (Å²) in [5.41, 5.74) is 0.606. The van der Waals surface area contributed by atoms with Gasteiger partial charge in [0.05, 0.1) is 11.4 Å². The fourth-order valence-corrected chi connectivity index (χ4v) is 1.93. The van der Waals surface area contributed by atoms with Crippen LogP contribution in [-0.2, 0) is 0 Å². The number of amides is 2. The average Bonchev–Trinajstić information content (AvgIpc) is 2.93. The van der Waals surface area contributed by atoms with Crippen molar-refractivity contribution in [3.63, 3.8) is 0 Å². The minimum atomic E-state index is -0.307. The Hall–Kier alpha value is -3.50. The number of rotatable bonds is 3. The number of urea groups is 1. The smallest absolute Gasteiger partial charge is 0.322 e. The standard InChI is InChI=1S/C14H10N6O/c15-7-10(8-16)12(9-17)19-11-3-1-2-4-13(11)20-6-5-18-14(20)21/h1-4,19H,5-6H2,(H,18,21). The van der Waals surface area contributed by atoms with Crippen LogP contribution in [0.5, 0.6) is 0 Å². The van der Waals surface area contributed by atoms with Gasteiger partial charge in [0.15, 0.2) is 5.57 Å². The monoisotopic (exact) mass is 278 g/mol. The molecule has 7 heteroatoms. The highest BCUT2D eigenvalue weighted by atomic mass is 16.2. The van der Waals surface area contributed by atoms with Gasteiger partial charge in [0, 0.05) is 13.1 Å². The predicted octanol–water partition coefficient (Wildman–Crippen LogP) is 1.45. The Bertz CT molecular complexity index is 715. The lowest BCUT2D eigenvalue weighted by Gasteiger charge is -2.19. The lowest BCUT2D eigenvalue weighted by atomic mass is 10.2. The van der Waals surface area contributed by atoms with Crippen LogP contribution in [0.25, 0.3) is 0 Å². The van der Waals surface area contributed by atoms with Gasteiger partial charge in [-0.25, -0.2) is 4.79 Å². The summed E-state index contributed by atoms with van der Waals surface area (Å²) in [6.45, 7) is 1.04. The van der Waals surface area contributed by atoms with Crippen LogP contribution in [0.3, 0.4) is 0 Å². The van der Waals surface area contributed by atoms with Gasteiger partial charge in [0.25, 0.3) is 0 Å². The molecule has 21 heavy (non-hydrogen) atoms. The Morgan fingerprint density at radius 3 is 2.48 bits per heavy atom. The zero-order valence-corrected chi connectivity index (χ0v) is 10.9. The second kappa shape index (κ2) is 6.10. The van der Waals surface area contributed by atoms with Gasteiger partial charge in [-0.1, -0.05) is 12.1 Å². The Balaban J connectivity index is 2.41. The molecule has 0 unspecified atom stereocenters. The molecular weight excluding hydrogens is 268 g/mol. The number of para-hydroxylation sites is 2. The van der Waals surface area contributed by atoms with E-state index in [1.54, 1.807) is 42.5 Å². The molecule has 0 spiro atoms. The number of nitrogens with one attached hydrogen (secondary N) is 2. The molecule has 0 saturated carbocycles. The van der Waals surface area contributed by atoms with E-state index in [2.05, 4.69) is 10.6 Å². The van der Waals surface area contributed by atoms with Crippen LogP contribution in [0.1, 0.15) is 0 Å². The van der Waals surface area contributed by atoms with Crippen LogP contribution < -0.4 is 15.5 Å². The molecule has 0 aliphatic carbocycles. The Kier molecular flexibility index (Phi) is 4.04. The van der Waals surface area contributed by atoms with E-state index in [-0.39, 0.29) is 17.3 Å². The lowest BCUT2D eigenvalue weighted by molar-refractivity contribution is 0.252. The van der Waals surface area contributed by atoms with E-state index >= 15 is 0 Å². The van der Waals surface area contributed by atoms with Crippen LogP contribution in [0.4, 0.5) is 16.2 Å². The first-order chi connectivity index (χ1) is 10.2. The van der Waals surface area contributed by atoms with Crippen molar-refractivity contribution in [1.29, 1.82) is 15.8 Å². The van der Waals surface area contributed by atoms with Gasteiger partial charge >= 0.3 is 6.03 Å². The molecule has 102 valence electrons. The third-order valence-corrected chi connectivity index (χ3v) is 2.90. The van der Waals surface area contributed by atoms with E-state index in [0.29, 0.717) is 24.5 Å². The maximum Gasteiger partial charge on any atom is 0.322 e. The number of hydrogen-bond acceptors (Lipinski definition) is 5. The molecule has 1 aromatic rings. The highest BCUT2D eigenvalue weighted by Crippen LogP contribution is 2.28. The van der Waals surface area contributed by atoms with Gasteiger partial charge in [-0.2, -0.15) is 15.8 Å². The average molecular weight is 278 g/mol. The van der Waals surface area contributed by atoms with Crippen molar-refractivity contribution in [3.05, 3.63) is 35.5 Å². The maximum atomic E-state index is 11.7. The molecule has 1 aromatic carbocycles. The van der Waals surface area contributed by atoms with Gasteiger partial charge < -0.3 is 10.6 Å². The highest BCUT2D eigenvalue weighted by molar-refractivity contribution is 5.97. The van der Waals surface area contributed by atoms with E-state index in [9.17, 15) is 4.79 Å². The first kappa shape index (κ1) is 13.9. The number of carbonyl (C=O) groups excluding carboxylic acids is 1. The third kappa shape index (κ3) is 2.75. The zero-order valence-electron chi connectivity index (χ0n) is 10.9. The van der Waals surface area contributed by atoms with Gasteiger partial charge in [-0.05, 0) is 12.1 Å². The molecule has 0 aromatic heterocycles. The molecule has 7 nitrogen and oxygen atoms in total. The number of hydrogen-bond donors (Lipinski definition) is 2. The quantitative estimate of drug-likeness (QED) is 0.812. The first-order valence-electron chi connectivity index (χ1n) is 6.07. The van der Waals surface area contributed by atoms with Crippen molar-refractivity contribution >= 4 is 17.4 Å². The number of carbonyl (C=O) groups is 1. The van der Waals surface area contributed by atoms with Crippen LogP contribution >= 0.6 is 0 Å². The molecule has 1 saturated heterocycles. The van der Waals surface area contributed by atoms with Crippen molar-refractivity contribution in [3.8, 4) is 18.2 Å². The summed E-state index contributed by atoms with van der Waals surface area (Å²) < 4.78 is 0. The highest BCUT2D eigenvalue weighted by Gasteiger charge is 2.23. The summed E-state index contributed by atoms with van der Waals surface area (Å²) in [5.74, 6) is 0. The zero-order chi connectivity index (χ0) is 15.2. The van der Waals surface area contributed by atoms with E-state index in [0.717, 1.165) is 0 Å². The second-order valence-corrected chi connectivity index (χ2v) is 4.11. The largest absolute Gasteiger partial charge is 0.343 e. The van der Waals surface area contributed by atoms with Gasteiger partial charge in [-0.3, -0.25) is 4.90 Å². The molecule has 0 radical (unpaired) electrons. The van der Waals surface area contributed by atoms with Gasteiger partial charge in [0.1, 0.15) is 23.9 Å². The number of allylic oxidation sites excluding steroid dienone is 2. The normalized spacial score (nSPS) is 12.6. The Labute approximate surface area is 121 Å². The Morgan fingerprint density at radius 1 is 1.19 bits per heavy atom. The van der Waals surface area contributed by atoms with Gasteiger partial charge in [-0.15, -0.1) is 0 Å². The summed E-state index contributed by atoms with van der Waals surface area (Å²) in [6.07, 6.45) is 0. The minimum absolute atomic E-state index is 0.146. The molecule has 2 amide bonds. The SMILES string of the molecule is N#CC(C#N)=C(C#N)Nc1ccccc1N1CCNC1=O. The third-order valence-electron chi connectivity index (χ3n) is 2.90. The summed E-state index contributed by atoms with van der Waals surface area (Å²) in [6, 6.07) is 11.8. The van der Waals surface area contributed by atoms with E-state index in [4.69, 9.17) is 15.8 Å². The molecule has 1 fully saturated rings. The summed E-state index contributed by atoms with van der Waals surface area (Å²) in [4.78, 5) is 13.3. The summed E-state index contributed by atoms with van der Waals surface area (Å²) >= 11 is 0. The first-order valence-corrected chi connectivity index (χ1v) is 6.07. The van der Waals surface area contributed by atoms with Crippen molar-refractivity contribution in [2.45, 2.75) is 0 Å². The number of benzene rings is 1. The molecule has 2 rings (SSSR count). The summed E-state index contributed by atoms with van der Waals surface area (Å²) in [7, 11) is 0. The predicted molar refractivity (Wildman–Crippen MR) is 74.7 cm³/mol. The lowest BCUT2D eigenvalue weighted by Crippen LogP contribution is -2.28. The molecule has 0 atom stereocenters. The van der Waals surface area contributed by atoms with Crippen LogP contribution in [0.2, 0.25) is 0 Å². The maximum absolute atomic E-state index is 11.7. The van der Waals surface area contributed by atoms with Crippen LogP contribution in [-0.4, -0.2) is 19.1 Å². The fraction of sp³-hybridized carbons (Fsp3) is 0.143. The summed E-state index contributed by atoms with van der Waals surface area (Å²) in [5, 5.41) is 32.2. The van der Waals surface area contributed by atoms with Crippen LogP contribution in [0, 0.1) is 34.0 Å². The molecule has 2 N–H and O–H groups in total. The molecule has 1 heterocycles. The fourth-order valence-electron chi connectivity index (χ4n) is 1.93. The van der Waals surface area contributed by atoms with Crippen molar-refractivity contribution in [2.75, 3.05) is 23.3 Å². The van der Waals surface area contributed by atoms with Gasteiger partial charge in [0.2, 0.25) is 0 Å². The van der Waals surface area contributed by atoms with E-state index in [1.165, 1.54) is 4.90 Å². The molecule has 1 aliphatic heterocycles. The molecular formula is C14H10N6O. The number of anilines is 2. The van der Waals surface area contributed by atoms with Crippen molar-refractivity contribution in [1.82, 2.24) is 5.32 Å². The Morgan fingerprint density at radius 2 is 1.90 bits per heavy atom. The minimum Gasteiger partial charge on any atom is -0.343 e. The number of nitrogens with zero attached hydrogens (tertiary/aromatic N) is 4.